The summed E-state index contributed by atoms with van der Waals surface area (Å²) in [5, 5.41) is 0.720. The van der Waals surface area contributed by atoms with E-state index in [1.54, 1.807) is 11.3 Å². The van der Waals surface area contributed by atoms with Crippen LogP contribution in [0.5, 0.6) is 0 Å². The van der Waals surface area contributed by atoms with Crippen LogP contribution < -0.4 is 5.73 Å². The third kappa shape index (κ3) is 2.98. The van der Waals surface area contributed by atoms with Gasteiger partial charge in [0.25, 0.3) is 0 Å². The molecule has 2 rings (SSSR count). The Morgan fingerprint density at radius 3 is 2.62 bits per heavy atom. The van der Waals surface area contributed by atoms with Gasteiger partial charge in [-0.15, -0.1) is 11.3 Å². The fourth-order valence-corrected chi connectivity index (χ4v) is 2.88. The van der Waals surface area contributed by atoms with E-state index in [9.17, 15) is 0 Å². The van der Waals surface area contributed by atoms with E-state index in [4.69, 9.17) is 28.9 Å². The summed E-state index contributed by atoms with van der Waals surface area (Å²) in [6.45, 7) is 0. The first-order chi connectivity index (χ1) is 7.65. The van der Waals surface area contributed by atoms with Crippen molar-refractivity contribution in [2.24, 2.45) is 5.73 Å². The van der Waals surface area contributed by atoms with E-state index in [1.807, 2.05) is 36.4 Å². The van der Waals surface area contributed by atoms with Crippen LogP contribution in [0.4, 0.5) is 0 Å². The fourth-order valence-electron chi connectivity index (χ4n) is 1.53. The van der Waals surface area contributed by atoms with Gasteiger partial charge in [0, 0.05) is 22.4 Å². The molecule has 0 aliphatic carbocycles. The van der Waals surface area contributed by atoms with Gasteiger partial charge in [0.1, 0.15) is 0 Å². The second-order valence-corrected chi connectivity index (χ2v) is 5.81. The zero-order valence-electron chi connectivity index (χ0n) is 8.49. The van der Waals surface area contributed by atoms with Gasteiger partial charge in [0.15, 0.2) is 0 Å². The van der Waals surface area contributed by atoms with Crippen LogP contribution in [-0.4, -0.2) is 0 Å². The van der Waals surface area contributed by atoms with Crippen molar-refractivity contribution in [3.63, 3.8) is 0 Å². The standard InChI is InChI=1S/C12H11Cl2NS/c13-9-3-1-2-8(6-9)11(15)7-10-4-5-12(14)16-10/h1-6,11H,7,15H2. The molecule has 0 aliphatic heterocycles. The average Bonchev–Trinajstić information content (AvgIpc) is 2.64. The van der Waals surface area contributed by atoms with E-state index in [0.717, 1.165) is 21.3 Å². The molecule has 0 fully saturated rings. The van der Waals surface area contributed by atoms with E-state index in [-0.39, 0.29) is 6.04 Å². The van der Waals surface area contributed by atoms with E-state index < -0.39 is 0 Å². The largest absolute Gasteiger partial charge is 0.324 e. The summed E-state index contributed by atoms with van der Waals surface area (Å²) in [5.74, 6) is 0. The van der Waals surface area contributed by atoms with Gasteiger partial charge in [0.05, 0.1) is 4.34 Å². The molecule has 1 nitrogen and oxygen atoms in total. The number of nitrogens with two attached hydrogens (primary N) is 1. The second-order valence-electron chi connectivity index (χ2n) is 3.57. The summed E-state index contributed by atoms with van der Waals surface area (Å²) in [5.41, 5.74) is 7.16. The molecule has 0 saturated heterocycles. The summed E-state index contributed by atoms with van der Waals surface area (Å²) in [4.78, 5) is 1.19. The van der Waals surface area contributed by atoms with Gasteiger partial charge >= 0.3 is 0 Å². The van der Waals surface area contributed by atoms with Gasteiger partial charge in [-0.25, -0.2) is 0 Å². The maximum absolute atomic E-state index is 6.11. The molecule has 2 aromatic rings. The zero-order valence-corrected chi connectivity index (χ0v) is 10.8. The molecule has 16 heavy (non-hydrogen) atoms. The van der Waals surface area contributed by atoms with Crippen molar-refractivity contribution in [3.8, 4) is 0 Å². The van der Waals surface area contributed by atoms with Gasteiger partial charge in [0.2, 0.25) is 0 Å². The predicted molar refractivity (Wildman–Crippen MR) is 71.4 cm³/mol. The van der Waals surface area contributed by atoms with Gasteiger partial charge in [-0.2, -0.15) is 0 Å². The summed E-state index contributed by atoms with van der Waals surface area (Å²) >= 11 is 13.4. The van der Waals surface area contributed by atoms with Crippen LogP contribution in [0.3, 0.4) is 0 Å². The molecule has 1 heterocycles. The highest BCUT2D eigenvalue weighted by molar-refractivity contribution is 7.16. The third-order valence-corrected chi connectivity index (χ3v) is 3.82. The van der Waals surface area contributed by atoms with E-state index >= 15 is 0 Å². The lowest BCUT2D eigenvalue weighted by atomic mass is 10.0. The number of thiophene rings is 1. The van der Waals surface area contributed by atoms with Crippen LogP contribution in [0.2, 0.25) is 9.36 Å². The van der Waals surface area contributed by atoms with Crippen molar-refractivity contribution in [2.45, 2.75) is 12.5 Å². The number of hydrogen-bond donors (Lipinski definition) is 1. The first-order valence-electron chi connectivity index (χ1n) is 4.90. The molecule has 1 aromatic carbocycles. The van der Waals surface area contributed by atoms with E-state index in [2.05, 4.69) is 0 Å². The molecule has 4 heteroatoms. The molecule has 0 radical (unpaired) electrons. The highest BCUT2D eigenvalue weighted by Crippen LogP contribution is 2.26. The quantitative estimate of drug-likeness (QED) is 0.885. The highest BCUT2D eigenvalue weighted by Gasteiger charge is 2.09. The SMILES string of the molecule is NC(Cc1ccc(Cl)s1)c1cccc(Cl)c1. The zero-order chi connectivity index (χ0) is 11.5. The van der Waals surface area contributed by atoms with Crippen LogP contribution >= 0.6 is 34.5 Å². The summed E-state index contributed by atoms with van der Waals surface area (Å²) < 4.78 is 0.799. The monoisotopic (exact) mass is 271 g/mol. The average molecular weight is 272 g/mol. The van der Waals surface area contributed by atoms with Gasteiger partial charge < -0.3 is 5.73 Å². The van der Waals surface area contributed by atoms with E-state index in [1.165, 1.54) is 4.88 Å². The topological polar surface area (TPSA) is 26.0 Å². The fraction of sp³-hybridized carbons (Fsp3) is 0.167. The molecule has 0 spiro atoms. The van der Waals surface area contributed by atoms with Gasteiger partial charge in [-0.3, -0.25) is 0 Å². The summed E-state index contributed by atoms with van der Waals surface area (Å²) in [6.07, 6.45) is 0.789. The number of benzene rings is 1. The normalized spacial score (nSPS) is 12.7. The molecule has 2 N–H and O–H groups in total. The molecule has 0 bridgehead atoms. The Kier molecular flexibility index (Phi) is 3.87. The Morgan fingerprint density at radius 2 is 2.00 bits per heavy atom. The molecule has 0 aliphatic rings. The van der Waals surface area contributed by atoms with Crippen molar-refractivity contribution < 1.29 is 0 Å². The Balaban J connectivity index is 2.11. The van der Waals surface area contributed by atoms with Crippen molar-refractivity contribution >= 4 is 34.5 Å². The van der Waals surface area contributed by atoms with Crippen LogP contribution in [-0.2, 0) is 6.42 Å². The predicted octanol–water partition coefficient (Wildman–Crippen LogP) is 4.30. The maximum atomic E-state index is 6.11. The molecule has 84 valence electrons. The van der Waals surface area contributed by atoms with Crippen LogP contribution in [0.25, 0.3) is 0 Å². The van der Waals surface area contributed by atoms with Crippen molar-refractivity contribution in [3.05, 3.63) is 56.2 Å². The lowest BCUT2D eigenvalue weighted by Crippen LogP contribution is -2.12. The minimum absolute atomic E-state index is 0.0339. The van der Waals surface area contributed by atoms with Gasteiger partial charge in [-0.1, -0.05) is 35.3 Å². The third-order valence-electron chi connectivity index (χ3n) is 2.33. The molecule has 0 amide bonds. The molecule has 1 aromatic heterocycles. The minimum Gasteiger partial charge on any atom is -0.324 e. The lowest BCUT2D eigenvalue weighted by Gasteiger charge is -2.10. The van der Waals surface area contributed by atoms with E-state index in [0.29, 0.717) is 0 Å². The van der Waals surface area contributed by atoms with Crippen molar-refractivity contribution in [1.29, 1.82) is 0 Å². The molecule has 0 saturated carbocycles. The molecular weight excluding hydrogens is 261 g/mol. The van der Waals surface area contributed by atoms with Crippen LogP contribution in [0.1, 0.15) is 16.5 Å². The van der Waals surface area contributed by atoms with Crippen molar-refractivity contribution in [2.75, 3.05) is 0 Å². The summed E-state index contributed by atoms with van der Waals surface area (Å²) in [6, 6.07) is 11.5. The van der Waals surface area contributed by atoms with Gasteiger partial charge in [-0.05, 0) is 29.8 Å². The smallest absolute Gasteiger partial charge is 0.0931 e. The lowest BCUT2D eigenvalue weighted by molar-refractivity contribution is 0.730. The Hall–Kier alpha value is -0.540. The highest BCUT2D eigenvalue weighted by atomic mass is 35.5. The first kappa shape index (κ1) is 11.9. The molecule has 1 atom stereocenters. The Morgan fingerprint density at radius 1 is 1.19 bits per heavy atom. The van der Waals surface area contributed by atoms with Crippen LogP contribution in [0, 0.1) is 0 Å². The number of halogens is 2. The maximum Gasteiger partial charge on any atom is 0.0931 e. The van der Waals surface area contributed by atoms with Crippen molar-refractivity contribution in [1.82, 2.24) is 0 Å². The second kappa shape index (κ2) is 5.19. The number of hydrogen-bond acceptors (Lipinski definition) is 2. The first-order valence-corrected chi connectivity index (χ1v) is 6.47. The summed E-state index contributed by atoms with van der Waals surface area (Å²) in [7, 11) is 0. The molecule has 1 unspecified atom stereocenters. The van der Waals surface area contributed by atoms with Crippen LogP contribution in [0.15, 0.2) is 36.4 Å². The Labute approximate surface area is 109 Å². The number of rotatable bonds is 3. The molecular formula is C12H11Cl2NS. The Bertz CT molecular complexity index is 481. The minimum atomic E-state index is -0.0339.